The Labute approximate surface area is 113 Å². The van der Waals surface area contributed by atoms with Crippen LogP contribution in [0.3, 0.4) is 0 Å². The maximum Gasteiger partial charge on any atom is 0.0958 e. The topological polar surface area (TPSA) is 39.1 Å². The first-order valence-electron chi connectivity index (χ1n) is 6.55. The van der Waals surface area contributed by atoms with Gasteiger partial charge in [-0.2, -0.15) is 0 Å². The predicted molar refractivity (Wildman–Crippen MR) is 75.9 cm³/mol. The lowest BCUT2D eigenvalue weighted by Crippen LogP contribution is -2.43. The summed E-state index contributed by atoms with van der Waals surface area (Å²) in [6.07, 6.45) is 2.23. The van der Waals surface area contributed by atoms with Crippen LogP contribution < -0.4 is 0 Å². The Morgan fingerprint density at radius 1 is 1.26 bits per heavy atom. The summed E-state index contributed by atoms with van der Waals surface area (Å²) in [5, 5.41) is 9.07. The summed E-state index contributed by atoms with van der Waals surface area (Å²) in [4.78, 5) is 9.31. The Kier molecular flexibility index (Phi) is 3.12. The Morgan fingerprint density at radius 3 is 2.68 bits per heavy atom. The third-order valence-electron chi connectivity index (χ3n) is 3.69. The molecular weight excluding hydrogens is 238 g/mol. The molecule has 1 unspecified atom stereocenters. The van der Waals surface area contributed by atoms with E-state index in [-0.39, 0.29) is 12.6 Å². The van der Waals surface area contributed by atoms with Gasteiger partial charge in [-0.05, 0) is 24.3 Å². The lowest BCUT2D eigenvalue weighted by atomic mass is 10.1. The summed E-state index contributed by atoms with van der Waals surface area (Å²) in [6.45, 7) is 1.95. The molecule has 4 nitrogen and oxygen atoms in total. The molecule has 2 aliphatic heterocycles. The second-order valence-electron chi connectivity index (χ2n) is 5.33. The largest absolute Gasteiger partial charge is 0.392 e. The molecule has 0 bridgehead atoms. The number of rotatable bonds is 2. The van der Waals surface area contributed by atoms with Gasteiger partial charge in [0, 0.05) is 13.6 Å². The summed E-state index contributed by atoms with van der Waals surface area (Å²) in [5.74, 6) is 0. The summed E-state index contributed by atoms with van der Waals surface area (Å²) < 4.78 is 0. The molecule has 2 aliphatic rings. The number of benzene rings is 1. The van der Waals surface area contributed by atoms with Crippen LogP contribution in [0.25, 0.3) is 0 Å². The normalized spacial score (nSPS) is 23.1. The van der Waals surface area contributed by atoms with Crippen LogP contribution in [0.4, 0.5) is 0 Å². The second kappa shape index (κ2) is 4.79. The van der Waals surface area contributed by atoms with Gasteiger partial charge in [-0.25, -0.2) is 0 Å². The Bertz CT molecular complexity index is 533. The van der Waals surface area contributed by atoms with Crippen LogP contribution >= 0.6 is 0 Å². The fourth-order valence-electron chi connectivity index (χ4n) is 2.72. The quantitative estimate of drug-likeness (QED) is 0.870. The van der Waals surface area contributed by atoms with Gasteiger partial charge in [-0.15, -0.1) is 0 Å². The number of hydrogen-bond donors (Lipinski definition) is 1. The first-order valence-corrected chi connectivity index (χ1v) is 6.55. The van der Waals surface area contributed by atoms with Crippen molar-refractivity contribution in [1.29, 1.82) is 0 Å². The van der Waals surface area contributed by atoms with Crippen molar-refractivity contribution in [3.05, 3.63) is 47.2 Å². The zero-order chi connectivity index (χ0) is 13.4. The van der Waals surface area contributed by atoms with E-state index < -0.39 is 0 Å². The molecule has 0 spiro atoms. The van der Waals surface area contributed by atoms with Gasteiger partial charge in [0.15, 0.2) is 0 Å². The highest BCUT2D eigenvalue weighted by molar-refractivity contribution is 6.03. The van der Waals surface area contributed by atoms with Crippen LogP contribution in [0, 0.1) is 0 Å². The van der Waals surface area contributed by atoms with Crippen LogP contribution in [0.1, 0.15) is 17.2 Å². The zero-order valence-corrected chi connectivity index (χ0v) is 11.4. The second-order valence-corrected chi connectivity index (χ2v) is 5.33. The minimum atomic E-state index is 0.0914. The summed E-state index contributed by atoms with van der Waals surface area (Å²) >= 11 is 0. The van der Waals surface area contributed by atoms with Gasteiger partial charge in [0.05, 0.1) is 30.7 Å². The van der Waals surface area contributed by atoms with Crippen LogP contribution in [0.5, 0.6) is 0 Å². The molecule has 1 N–H and O–H groups in total. The molecule has 19 heavy (non-hydrogen) atoms. The molecule has 0 aromatic heterocycles. The third kappa shape index (κ3) is 2.29. The lowest BCUT2D eigenvalue weighted by molar-refractivity contribution is 0.227. The highest BCUT2D eigenvalue weighted by Gasteiger charge is 2.28. The fourth-order valence-corrected chi connectivity index (χ4v) is 2.72. The summed E-state index contributed by atoms with van der Waals surface area (Å²) in [7, 11) is 4.22. The Hall–Kier alpha value is -1.65. The van der Waals surface area contributed by atoms with Gasteiger partial charge in [0.1, 0.15) is 0 Å². The molecular formula is C15H19N3O. The molecule has 0 amide bonds. The van der Waals surface area contributed by atoms with Crippen LogP contribution in [0.2, 0.25) is 0 Å². The molecule has 4 heteroatoms. The fraction of sp³-hybridized carbons (Fsp3) is 0.400. The van der Waals surface area contributed by atoms with Gasteiger partial charge in [0.2, 0.25) is 0 Å². The highest BCUT2D eigenvalue weighted by atomic mass is 16.3. The van der Waals surface area contributed by atoms with E-state index in [2.05, 4.69) is 42.1 Å². The molecule has 2 heterocycles. The maximum atomic E-state index is 9.07. The van der Waals surface area contributed by atoms with Gasteiger partial charge >= 0.3 is 0 Å². The van der Waals surface area contributed by atoms with Gasteiger partial charge in [-0.3, -0.25) is 9.89 Å². The van der Waals surface area contributed by atoms with E-state index in [1.807, 2.05) is 12.1 Å². The van der Waals surface area contributed by atoms with E-state index in [1.165, 1.54) is 17.0 Å². The van der Waals surface area contributed by atoms with E-state index >= 15 is 0 Å². The molecule has 0 aliphatic carbocycles. The SMILES string of the molecule is CN1CC2=NC(c3ccc(CO)cc3)C=C2N(C)C1. The van der Waals surface area contributed by atoms with E-state index in [0.29, 0.717) is 0 Å². The van der Waals surface area contributed by atoms with Crippen molar-refractivity contribution < 1.29 is 5.11 Å². The van der Waals surface area contributed by atoms with Crippen molar-refractivity contribution in [3.63, 3.8) is 0 Å². The molecule has 0 saturated carbocycles. The van der Waals surface area contributed by atoms with Crippen LogP contribution in [-0.2, 0) is 6.61 Å². The standard InChI is InChI=1S/C15H19N3O/c1-17-8-14-15(18(2)10-17)7-13(16-14)12-5-3-11(9-19)4-6-12/h3-7,13,19H,8-10H2,1-2H3. The summed E-state index contributed by atoms with van der Waals surface area (Å²) in [6, 6.07) is 8.15. The monoisotopic (exact) mass is 257 g/mol. The third-order valence-corrected chi connectivity index (χ3v) is 3.69. The van der Waals surface area contributed by atoms with E-state index in [9.17, 15) is 0 Å². The minimum absolute atomic E-state index is 0.0914. The Morgan fingerprint density at radius 2 is 2.00 bits per heavy atom. The van der Waals surface area contributed by atoms with Gasteiger partial charge in [0.25, 0.3) is 0 Å². The molecule has 1 fully saturated rings. The molecule has 100 valence electrons. The van der Waals surface area contributed by atoms with Crippen molar-refractivity contribution >= 4 is 5.71 Å². The first-order chi connectivity index (χ1) is 9.17. The van der Waals surface area contributed by atoms with Crippen LogP contribution in [0.15, 0.2) is 41.0 Å². The average Bonchev–Trinajstić information content (AvgIpc) is 2.83. The van der Waals surface area contributed by atoms with Crippen molar-refractivity contribution in [3.8, 4) is 0 Å². The first kappa shape index (κ1) is 12.4. The number of nitrogens with zero attached hydrogens (tertiary/aromatic N) is 3. The van der Waals surface area contributed by atoms with E-state index in [0.717, 1.165) is 18.8 Å². The molecule has 1 aromatic carbocycles. The number of hydrogen-bond acceptors (Lipinski definition) is 4. The number of aliphatic hydroxyl groups excluding tert-OH is 1. The van der Waals surface area contributed by atoms with Crippen molar-refractivity contribution in [2.75, 3.05) is 27.3 Å². The lowest BCUT2D eigenvalue weighted by Gasteiger charge is -2.33. The number of fused-ring (bicyclic) bond motifs is 1. The Balaban J connectivity index is 1.87. The van der Waals surface area contributed by atoms with Crippen LogP contribution in [-0.4, -0.2) is 47.9 Å². The van der Waals surface area contributed by atoms with Crippen molar-refractivity contribution in [1.82, 2.24) is 9.80 Å². The maximum absolute atomic E-state index is 9.07. The minimum Gasteiger partial charge on any atom is -0.392 e. The summed E-state index contributed by atoms with van der Waals surface area (Å²) in [5.41, 5.74) is 4.56. The molecule has 1 saturated heterocycles. The van der Waals surface area contributed by atoms with E-state index in [1.54, 1.807) is 0 Å². The van der Waals surface area contributed by atoms with Crippen molar-refractivity contribution in [2.45, 2.75) is 12.6 Å². The smallest absolute Gasteiger partial charge is 0.0958 e. The average molecular weight is 257 g/mol. The molecule has 1 atom stereocenters. The van der Waals surface area contributed by atoms with Gasteiger partial charge < -0.3 is 10.0 Å². The van der Waals surface area contributed by atoms with Gasteiger partial charge in [-0.1, -0.05) is 24.3 Å². The molecule has 3 rings (SSSR count). The van der Waals surface area contributed by atoms with Crippen molar-refractivity contribution in [2.24, 2.45) is 4.99 Å². The van der Waals surface area contributed by atoms with E-state index in [4.69, 9.17) is 10.1 Å². The molecule has 1 aromatic rings. The zero-order valence-electron chi connectivity index (χ0n) is 11.4. The molecule has 0 radical (unpaired) electrons. The number of aliphatic imine (C=N–C) groups is 1. The number of aliphatic hydroxyl groups is 1. The highest BCUT2D eigenvalue weighted by Crippen LogP contribution is 2.30. The predicted octanol–water partition coefficient (Wildman–Crippen LogP) is 1.39.